The van der Waals surface area contributed by atoms with Gasteiger partial charge in [0.25, 0.3) is 0 Å². The summed E-state index contributed by atoms with van der Waals surface area (Å²) in [5, 5.41) is 135. The van der Waals surface area contributed by atoms with E-state index in [1.165, 1.54) is 0 Å². The first-order chi connectivity index (χ1) is 26.4. The second kappa shape index (κ2) is 25.0. The van der Waals surface area contributed by atoms with E-state index < -0.39 is 146 Å². The van der Waals surface area contributed by atoms with E-state index in [1.54, 1.807) is 12.2 Å². The Hall–Kier alpha value is -3.51. The van der Waals surface area contributed by atoms with E-state index in [4.69, 9.17) is 0 Å². The van der Waals surface area contributed by atoms with Crippen molar-refractivity contribution in [1.29, 1.82) is 0 Å². The summed E-state index contributed by atoms with van der Waals surface area (Å²) in [5.74, 6) is -18.8. The predicted molar refractivity (Wildman–Crippen MR) is 189 cm³/mol. The largest absolute Gasteiger partial charge is 0.480 e. The van der Waals surface area contributed by atoms with Gasteiger partial charge in [-0.25, -0.2) is 0 Å². The molecule has 0 spiro atoms. The molecule has 0 amide bonds. The van der Waals surface area contributed by atoms with Crippen molar-refractivity contribution >= 4 is 40.7 Å². The van der Waals surface area contributed by atoms with Crippen LogP contribution in [0.25, 0.3) is 0 Å². The summed E-state index contributed by atoms with van der Waals surface area (Å²) in [6, 6.07) is 0. The molecule has 0 radical (unpaired) electrons. The van der Waals surface area contributed by atoms with E-state index in [2.05, 4.69) is 0 Å². The predicted octanol–water partition coefficient (Wildman–Crippen LogP) is -4.79. The van der Waals surface area contributed by atoms with Crippen molar-refractivity contribution in [2.24, 2.45) is 16.2 Å². The first kappa shape index (κ1) is 52.5. The SMILES string of the molecule is CCCCC/C=C\C/C=C\CCCCC(C(=O)C(O)CO)(C(=O)C(O)CO)C(C(=O)C(O)CO)(C(=O)C(O)CO)C(C(=O)O)(C(=O)C(O)CO)C(=O)C(O)CO. The Kier molecular flexibility index (Phi) is 23.4. The summed E-state index contributed by atoms with van der Waals surface area (Å²) >= 11 is 0. The standard InChI is InChI=1S/C36H56O20/c1-2-3-4-5-6-7-8-9-10-11-12-13-14-34(27(49)21(43)15-37,28(50)22(44)16-38)36(31(53)25(47)19-41,32(54)26(48)20-42)35(33(55)56,29(51)23(45)17-39)30(52)24(46)18-40/h6-7,9-10,21-26,37-48H,2-5,8,11-20H2,1H3,(H,55,56)/b7-6-,10-9-. The molecule has 0 aromatic rings. The number of carbonyl (C=O) groups excluding carboxylic acids is 6. The number of carboxylic acid groups (broad SMARTS) is 1. The minimum Gasteiger partial charge on any atom is -0.480 e. The molecule has 0 saturated carbocycles. The quantitative estimate of drug-likeness (QED) is 0.0172. The maximum absolute atomic E-state index is 14.7. The highest BCUT2D eigenvalue weighted by atomic mass is 16.4. The van der Waals surface area contributed by atoms with E-state index in [-0.39, 0.29) is 12.8 Å². The van der Waals surface area contributed by atoms with Crippen LogP contribution in [0.1, 0.15) is 64.7 Å². The van der Waals surface area contributed by atoms with Crippen LogP contribution in [0, 0.1) is 16.2 Å². The van der Waals surface area contributed by atoms with Crippen LogP contribution in [0.3, 0.4) is 0 Å². The molecular formula is C36H56O20. The number of Topliss-reactive ketones (excluding diaryl/α,β-unsaturated/α-hetero) is 6. The number of allylic oxidation sites excluding steroid dienone is 4. The molecule has 56 heavy (non-hydrogen) atoms. The minimum atomic E-state index is -5.09. The second-order valence-corrected chi connectivity index (χ2v) is 13.0. The Morgan fingerprint density at radius 1 is 0.464 bits per heavy atom. The summed E-state index contributed by atoms with van der Waals surface area (Å²) in [6.45, 7) is -9.06. The molecule has 0 heterocycles. The lowest BCUT2D eigenvalue weighted by molar-refractivity contribution is -0.205. The molecule has 0 saturated heterocycles. The Bertz CT molecular complexity index is 1320. The molecule has 0 aromatic carbocycles. The first-order valence-electron chi connectivity index (χ1n) is 17.9. The molecule has 6 unspecified atom stereocenters. The molecular weight excluding hydrogens is 752 g/mol. The number of unbranched alkanes of at least 4 members (excludes halogenated alkanes) is 5. The zero-order valence-corrected chi connectivity index (χ0v) is 31.1. The van der Waals surface area contributed by atoms with E-state index >= 15 is 0 Å². The molecule has 0 fully saturated rings. The van der Waals surface area contributed by atoms with Crippen molar-refractivity contribution in [1.82, 2.24) is 0 Å². The van der Waals surface area contributed by atoms with E-state index in [9.17, 15) is 99.9 Å². The van der Waals surface area contributed by atoms with Crippen LogP contribution in [-0.4, -0.2) is 183 Å². The molecule has 13 N–H and O–H groups in total. The summed E-state index contributed by atoms with van der Waals surface area (Å²) in [4.78, 5) is 101. The first-order valence-corrected chi connectivity index (χ1v) is 17.9. The summed E-state index contributed by atoms with van der Waals surface area (Å²) in [5.41, 5.74) is -14.5. The van der Waals surface area contributed by atoms with Gasteiger partial charge in [0.15, 0.2) is 34.7 Å². The number of aliphatic hydroxyl groups is 12. The minimum absolute atomic E-state index is 0.0229. The molecule has 0 rings (SSSR count). The maximum atomic E-state index is 14.7. The fraction of sp³-hybridized carbons (Fsp3) is 0.694. The Morgan fingerprint density at radius 2 is 0.786 bits per heavy atom. The normalized spacial score (nSPS) is 18.5. The lowest BCUT2D eigenvalue weighted by atomic mass is 9.39. The van der Waals surface area contributed by atoms with E-state index in [1.807, 2.05) is 19.1 Å². The second-order valence-electron chi connectivity index (χ2n) is 13.0. The van der Waals surface area contributed by atoms with Gasteiger partial charge < -0.3 is 66.4 Å². The van der Waals surface area contributed by atoms with Crippen LogP contribution in [0.4, 0.5) is 0 Å². The van der Waals surface area contributed by atoms with Gasteiger partial charge in [-0.05, 0) is 38.5 Å². The molecule has 0 aromatic heterocycles. The van der Waals surface area contributed by atoms with Gasteiger partial charge >= 0.3 is 5.97 Å². The average Bonchev–Trinajstić information content (AvgIpc) is 3.21. The molecule has 0 bridgehead atoms. The van der Waals surface area contributed by atoms with Gasteiger partial charge in [-0.3, -0.25) is 33.6 Å². The maximum Gasteiger partial charge on any atom is 0.326 e. The number of ketones is 6. The molecule has 6 atom stereocenters. The smallest absolute Gasteiger partial charge is 0.326 e. The molecule has 320 valence electrons. The molecule has 0 aliphatic carbocycles. The van der Waals surface area contributed by atoms with Crippen molar-refractivity contribution in [2.75, 3.05) is 39.6 Å². The zero-order chi connectivity index (χ0) is 43.4. The van der Waals surface area contributed by atoms with E-state index in [0.29, 0.717) is 6.42 Å². The molecule has 0 aliphatic heterocycles. The van der Waals surface area contributed by atoms with Crippen molar-refractivity contribution < 1.29 is 99.9 Å². The van der Waals surface area contributed by atoms with Gasteiger partial charge in [-0.1, -0.05) is 50.5 Å². The highest BCUT2D eigenvalue weighted by molar-refractivity contribution is 6.36. The highest BCUT2D eigenvalue weighted by Crippen LogP contribution is 2.60. The topological polar surface area (TPSA) is 382 Å². The number of hydrogen-bond donors (Lipinski definition) is 13. The number of aliphatic carboxylic acids is 1. The van der Waals surface area contributed by atoms with Gasteiger partial charge in [-0.2, -0.15) is 0 Å². The highest BCUT2D eigenvalue weighted by Gasteiger charge is 2.85. The average molecular weight is 809 g/mol. The number of rotatable bonds is 32. The lowest BCUT2D eigenvalue weighted by Gasteiger charge is -2.55. The van der Waals surface area contributed by atoms with Crippen molar-refractivity contribution in [3.63, 3.8) is 0 Å². The third kappa shape index (κ3) is 10.7. The van der Waals surface area contributed by atoms with E-state index in [0.717, 1.165) is 25.7 Å². The third-order valence-corrected chi connectivity index (χ3v) is 9.45. The third-order valence-electron chi connectivity index (χ3n) is 9.45. The van der Waals surface area contributed by atoms with Gasteiger partial charge in [0.2, 0.25) is 5.41 Å². The van der Waals surface area contributed by atoms with Gasteiger partial charge in [-0.15, -0.1) is 0 Å². The number of carboxylic acids is 1. The molecule has 20 heteroatoms. The molecule has 20 nitrogen and oxygen atoms in total. The Balaban J connectivity index is 8.92. The zero-order valence-electron chi connectivity index (χ0n) is 31.1. The van der Waals surface area contributed by atoms with Crippen LogP contribution in [0.2, 0.25) is 0 Å². The fourth-order valence-corrected chi connectivity index (χ4v) is 6.76. The number of hydrogen-bond acceptors (Lipinski definition) is 19. The Labute approximate surface area is 322 Å². The van der Waals surface area contributed by atoms with Crippen molar-refractivity contribution in [3.05, 3.63) is 24.3 Å². The van der Waals surface area contributed by atoms with Crippen molar-refractivity contribution in [3.8, 4) is 0 Å². The van der Waals surface area contributed by atoms with Gasteiger partial charge in [0.05, 0.1) is 39.6 Å². The fourth-order valence-electron chi connectivity index (χ4n) is 6.76. The monoisotopic (exact) mass is 808 g/mol. The summed E-state index contributed by atoms with van der Waals surface area (Å²) in [6.07, 6.45) is -10.3. The van der Waals surface area contributed by atoms with Crippen LogP contribution in [-0.2, 0) is 33.6 Å². The van der Waals surface area contributed by atoms with Crippen LogP contribution in [0.15, 0.2) is 24.3 Å². The molecule has 0 aliphatic rings. The van der Waals surface area contributed by atoms with Crippen molar-refractivity contribution in [2.45, 2.75) is 101 Å². The number of aliphatic hydroxyl groups excluding tert-OH is 12. The van der Waals surface area contributed by atoms with Crippen LogP contribution >= 0.6 is 0 Å². The summed E-state index contributed by atoms with van der Waals surface area (Å²) in [7, 11) is 0. The van der Waals surface area contributed by atoms with Gasteiger partial charge in [0.1, 0.15) is 47.5 Å². The van der Waals surface area contributed by atoms with Gasteiger partial charge in [0, 0.05) is 0 Å². The van der Waals surface area contributed by atoms with Crippen LogP contribution in [0.5, 0.6) is 0 Å². The van der Waals surface area contributed by atoms with Crippen LogP contribution < -0.4 is 0 Å². The summed E-state index contributed by atoms with van der Waals surface area (Å²) < 4.78 is 0. The Morgan fingerprint density at radius 3 is 1.11 bits per heavy atom. The lowest BCUT2D eigenvalue weighted by Crippen LogP contribution is -2.80. The number of carbonyl (C=O) groups is 7.